The van der Waals surface area contributed by atoms with Crippen molar-refractivity contribution in [3.05, 3.63) is 42.1 Å². The Hall–Kier alpha value is -1.45. The van der Waals surface area contributed by atoms with E-state index in [-0.39, 0.29) is 11.6 Å². The highest BCUT2D eigenvalue weighted by molar-refractivity contribution is 5.78. The Morgan fingerprint density at radius 3 is 2.68 bits per heavy atom. The van der Waals surface area contributed by atoms with E-state index in [9.17, 15) is 0 Å². The third-order valence-electron chi connectivity index (χ3n) is 3.43. The molecule has 0 aliphatic heterocycles. The fraction of sp³-hybridized carbons (Fsp3) is 0.438. The van der Waals surface area contributed by atoms with Gasteiger partial charge >= 0.3 is 0 Å². The Balaban J connectivity index is 2.08. The molecule has 1 heterocycles. The van der Waals surface area contributed by atoms with Crippen molar-refractivity contribution in [2.24, 2.45) is 5.73 Å². The van der Waals surface area contributed by atoms with Gasteiger partial charge in [-0.15, -0.1) is 0 Å². The summed E-state index contributed by atoms with van der Waals surface area (Å²) in [6.45, 7) is 4.11. The topological polar surface area (TPSA) is 48.1 Å². The van der Waals surface area contributed by atoms with Gasteiger partial charge in [-0.2, -0.15) is 0 Å². The molecule has 0 spiro atoms. The van der Waals surface area contributed by atoms with Crippen molar-refractivity contribution in [2.75, 3.05) is 7.11 Å². The Morgan fingerprint density at radius 1 is 1.21 bits per heavy atom. The fourth-order valence-electron chi connectivity index (χ4n) is 2.28. The van der Waals surface area contributed by atoms with Gasteiger partial charge < -0.3 is 10.5 Å². The van der Waals surface area contributed by atoms with E-state index in [0.29, 0.717) is 0 Å². The summed E-state index contributed by atoms with van der Waals surface area (Å²) in [6.07, 6.45) is 1.59. The maximum Gasteiger partial charge on any atom is 0.0705 e. The van der Waals surface area contributed by atoms with Crippen LogP contribution in [0.4, 0.5) is 0 Å². The summed E-state index contributed by atoms with van der Waals surface area (Å²) in [6, 6.07) is 12.4. The predicted octanol–water partition coefficient (Wildman–Crippen LogP) is 2.92. The van der Waals surface area contributed by atoms with E-state index in [2.05, 4.69) is 37.0 Å². The predicted molar refractivity (Wildman–Crippen MR) is 79.1 cm³/mol. The summed E-state index contributed by atoms with van der Waals surface area (Å²) < 4.78 is 5.42. The molecule has 0 aliphatic carbocycles. The number of aromatic nitrogens is 1. The third kappa shape index (κ3) is 3.75. The molecule has 0 saturated heterocycles. The van der Waals surface area contributed by atoms with Gasteiger partial charge in [0.25, 0.3) is 0 Å². The Kier molecular flexibility index (Phi) is 4.17. The smallest absolute Gasteiger partial charge is 0.0705 e. The molecular formula is C16H22N2O. The number of nitrogens with two attached hydrogens (primary N) is 1. The molecule has 19 heavy (non-hydrogen) atoms. The average Bonchev–Trinajstić information content (AvgIpc) is 2.38. The lowest BCUT2D eigenvalue weighted by molar-refractivity contribution is 0.0101. The minimum Gasteiger partial charge on any atom is -0.379 e. The number of pyridine rings is 1. The van der Waals surface area contributed by atoms with Crippen LogP contribution >= 0.6 is 0 Å². The van der Waals surface area contributed by atoms with Crippen LogP contribution in [0.25, 0.3) is 10.9 Å². The zero-order valence-electron chi connectivity index (χ0n) is 11.9. The van der Waals surface area contributed by atoms with E-state index in [1.807, 2.05) is 18.2 Å². The van der Waals surface area contributed by atoms with E-state index in [1.165, 1.54) is 0 Å². The summed E-state index contributed by atoms with van der Waals surface area (Å²) >= 11 is 0. The van der Waals surface area contributed by atoms with Crippen molar-refractivity contribution in [1.82, 2.24) is 4.98 Å². The van der Waals surface area contributed by atoms with Crippen molar-refractivity contribution in [2.45, 2.75) is 38.3 Å². The molecule has 0 fully saturated rings. The minimum absolute atomic E-state index is 0.0589. The molecule has 1 unspecified atom stereocenters. The Morgan fingerprint density at radius 2 is 1.95 bits per heavy atom. The second-order valence-electron chi connectivity index (χ2n) is 5.63. The van der Waals surface area contributed by atoms with E-state index in [1.54, 1.807) is 7.11 Å². The van der Waals surface area contributed by atoms with Gasteiger partial charge in [0.1, 0.15) is 0 Å². The first-order valence-electron chi connectivity index (χ1n) is 6.65. The first-order valence-corrected chi connectivity index (χ1v) is 6.65. The zero-order chi connectivity index (χ0) is 13.9. The Labute approximate surface area is 114 Å². The first-order chi connectivity index (χ1) is 9.00. The number of nitrogens with zero attached hydrogens (tertiary/aromatic N) is 1. The standard InChI is InChI=1S/C16H22N2O/c1-16(2,19-3)11-13(17)10-14-9-8-12-6-4-5-7-15(12)18-14/h4-9,13H,10-11,17H2,1-3H3. The molecule has 102 valence electrons. The largest absolute Gasteiger partial charge is 0.379 e. The molecule has 0 saturated carbocycles. The third-order valence-corrected chi connectivity index (χ3v) is 3.43. The molecular weight excluding hydrogens is 236 g/mol. The molecule has 1 aromatic heterocycles. The van der Waals surface area contributed by atoms with E-state index in [4.69, 9.17) is 10.5 Å². The van der Waals surface area contributed by atoms with Crippen LogP contribution in [0.1, 0.15) is 26.0 Å². The van der Waals surface area contributed by atoms with Gasteiger partial charge in [-0.05, 0) is 32.4 Å². The van der Waals surface area contributed by atoms with E-state index >= 15 is 0 Å². The summed E-state index contributed by atoms with van der Waals surface area (Å²) in [7, 11) is 1.72. The molecule has 0 aliphatic rings. The monoisotopic (exact) mass is 258 g/mol. The van der Waals surface area contributed by atoms with Crippen LogP contribution in [0.2, 0.25) is 0 Å². The number of methoxy groups -OCH3 is 1. The maximum absolute atomic E-state index is 6.19. The summed E-state index contributed by atoms with van der Waals surface area (Å²) in [4.78, 5) is 4.65. The average molecular weight is 258 g/mol. The molecule has 3 heteroatoms. The van der Waals surface area contributed by atoms with Crippen LogP contribution < -0.4 is 5.73 Å². The highest BCUT2D eigenvalue weighted by Gasteiger charge is 2.20. The summed E-state index contributed by atoms with van der Waals surface area (Å²) in [5.41, 5.74) is 8.07. The number of para-hydroxylation sites is 1. The lowest BCUT2D eigenvalue weighted by atomic mass is 9.96. The van der Waals surface area contributed by atoms with Gasteiger partial charge in [-0.25, -0.2) is 0 Å². The molecule has 1 atom stereocenters. The lowest BCUT2D eigenvalue weighted by Gasteiger charge is -2.26. The van der Waals surface area contributed by atoms with Crippen molar-refractivity contribution in [3.8, 4) is 0 Å². The van der Waals surface area contributed by atoms with Gasteiger partial charge in [0, 0.05) is 30.7 Å². The molecule has 0 bridgehead atoms. The SMILES string of the molecule is COC(C)(C)CC(N)Cc1ccc2ccccc2n1. The number of hydrogen-bond donors (Lipinski definition) is 1. The molecule has 1 aromatic carbocycles. The summed E-state index contributed by atoms with van der Waals surface area (Å²) in [5.74, 6) is 0. The minimum atomic E-state index is -0.184. The number of benzene rings is 1. The summed E-state index contributed by atoms with van der Waals surface area (Å²) in [5, 5.41) is 1.16. The zero-order valence-corrected chi connectivity index (χ0v) is 11.9. The Bertz CT molecular complexity index is 551. The molecule has 0 amide bonds. The van der Waals surface area contributed by atoms with Crippen molar-refractivity contribution < 1.29 is 4.74 Å². The van der Waals surface area contributed by atoms with Crippen LogP contribution in [-0.2, 0) is 11.2 Å². The second kappa shape index (κ2) is 5.68. The maximum atomic E-state index is 6.19. The molecule has 0 radical (unpaired) electrons. The highest BCUT2D eigenvalue weighted by Crippen LogP contribution is 2.18. The van der Waals surface area contributed by atoms with Crippen molar-refractivity contribution in [1.29, 1.82) is 0 Å². The number of hydrogen-bond acceptors (Lipinski definition) is 3. The second-order valence-corrected chi connectivity index (χ2v) is 5.63. The molecule has 2 aromatic rings. The normalized spacial score (nSPS) is 13.7. The van der Waals surface area contributed by atoms with Crippen LogP contribution in [-0.4, -0.2) is 23.7 Å². The highest BCUT2D eigenvalue weighted by atomic mass is 16.5. The first kappa shape index (κ1) is 14.0. The number of ether oxygens (including phenoxy) is 1. The van der Waals surface area contributed by atoms with Gasteiger partial charge in [0.2, 0.25) is 0 Å². The van der Waals surface area contributed by atoms with Crippen LogP contribution in [0, 0.1) is 0 Å². The van der Waals surface area contributed by atoms with Gasteiger partial charge in [-0.1, -0.05) is 24.3 Å². The number of fused-ring (bicyclic) bond motifs is 1. The fourth-order valence-corrected chi connectivity index (χ4v) is 2.28. The van der Waals surface area contributed by atoms with Gasteiger partial charge in [0.15, 0.2) is 0 Å². The van der Waals surface area contributed by atoms with Gasteiger partial charge in [0.05, 0.1) is 11.1 Å². The lowest BCUT2D eigenvalue weighted by Crippen LogP contribution is -2.35. The molecule has 2 rings (SSSR count). The van der Waals surface area contributed by atoms with E-state index in [0.717, 1.165) is 29.4 Å². The quantitative estimate of drug-likeness (QED) is 0.897. The van der Waals surface area contributed by atoms with Crippen molar-refractivity contribution >= 4 is 10.9 Å². The van der Waals surface area contributed by atoms with Crippen LogP contribution in [0.3, 0.4) is 0 Å². The van der Waals surface area contributed by atoms with Gasteiger partial charge in [-0.3, -0.25) is 4.98 Å². The van der Waals surface area contributed by atoms with Crippen LogP contribution in [0.5, 0.6) is 0 Å². The van der Waals surface area contributed by atoms with Crippen LogP contribution in [0.15, 0.2) is 36.4 Å². The number of rotatable bonds is 5. The molecule has 3 nitrogen and oxygen atoms in total. The molecule has 2 N–H and O–H groups in total. The van der Waals surface area contributed by atoms with E-state index < -0.39 is 0 Å². The van der Waals surface area contributed by atoms with Crippen molar-refractivity contribution in [3.63, 3.8) is 0 Å².